The first-order valence-corrected chi connectivity index (χ1v) is 4.33. The fourth-order valence-corrected chi connectivity index (χ4v) is 1.53. The Balaban J connectivity index is 2.61. The first-order valence-electron chi connectivity index (χ1n) is 4.33. The maximum atomic E-state index is 11.6. The molecule has 0 fully saturated rings. The molecule has 0 spiro atoms. The molecule has 0 radical (unpaired) electrons. The molecule has 1 aliphatic heterocycles. The molecule has 3 N–H and O–H groups in total. The van der Waals surface area contributed by atoms with Crippen molar-refractivity contribution in [3.8, 4) is 0 Å². The molecular formula is C10H9N3O2. The van der Waals surface area contributed by atoms with Gasteiger partial charge in [0.05, 0.1) is 11.1 Å². The van der Waals surface area contributed by atoms with Gasteiger partial charge in [-0.3, -0.25) is 19.9 Å². The highest BCUT2D eigenvalue weighted by atomic mass is 16.2. The highest BCUT2D eigenvalue weighted by Gasteiger charge is 2.32. The summed E-state index contributed by atoms with van der Waals surface area (Å²) in [4.78, 5) is 24.1. The summed E-state index contributed by atoms with van der Waals surface area (Å²) in [7, 11) is 1.43. The molecule has 76 valence electrons. The standard InChI is InChI=1S/C10H9N3O2/c1-13-9(14)6-3-2-5(8(11)12)4-7(6)10(13)15/h2-4H,1H3,(H3,11,12). The fraction of sp³-hybridized carbons (Fsp3) is 0.100. The monoisotopic (exact) mass is 203 g/mol. The number of hydrogen-bond donors (Lipinski definition) is 2. The third kappa shape index (κ3) is 1.20. The van der Waals surface area contributed by atoms with Crippen molar-refractivity contribution in [1.82, 2.24) is 4.90 Å². The van der Waals surface area contributed by atoms with Crippen LogP contribution in [0.25, 0.3) is 0 Å². The first-order chi connectivity index (χ1) is 7.02. The zero-order valence-corrected chi connectivity index (χ0v) is 8.07. The number of nitrogens with two attached hydrogens (primary N) is 1. The van der Waals surface area contributed by atoms with Gasteiger partial charge in [0.15, 0.2) is 0 Å². The van der Waals surface area contributed by atoms with Gasteiger partial charge in [0.25, 0.3) is 11.8 Å². The van der Waals surface area contributed by atoms with Crippen LogP contribution in [-0.4, -0.2) is 29.6 Å². The molecule has 2 rings (SSSR count). The normalized spacial score (nSPS) is 14.3. The Kier molecular flexibility index (Phi) is 1.82. The van der Waals surface area contributed by atoms with Crippen LogP contribution in [0.2, 0.25) is 0 Å². The molecule has 0 bridgehead atoms. The molecule has 2 amide bonds. The van der Waals surface area contributed by atoms with Gasteiger partial charge in [-0.25, -0.2) is 0 Å². The predicted molar refractivity (Wildman–Crippen MR) is 53.9 cm³/mol. The number of carbonyl (C=O) groups excluding carboxylic acids is 2. The van der Waals surface area contributed by atoms with Gasteiger partial charge in [-0.1, -0.05) is 6.07 Å². The minimum Gasteiger partial charge on any atom is -0.384 e. The van der Waals surface area contributed by atoms with Crippen molar-refractivity contribution in [2.45, 2.75) is 0 Å². The van der Waals surface area contributed by atoms with E-state index in [4.69, 9.17) is 11.1 Å². The number of imide groups is 1. The van der Waals surface area contributed by atoms with Crippen LogP contribution in [0.15, 0.2) is 18.2 Å². The average Bonchev–Trinajstić information content (AvgIpc) is 2.44. The number of fused-ring (bicyclic) bond motifs is 1. The number of nitrogen functional groups attached to an aromatic ring is 1. The molecule has 15 heavy (non-hydrogen) atoms. The van der Waals surface area contributed by atoms with Gasteiger partial charge in [0, 0.05) is 12.6 Å². The third-order valence-electron chi connectivity index (χ3n) is 2.40. The minimum atomic E-state index is -0.349. The second-order valence-corrected chi connectivity index (χ2v) is 3.34. The van der Waals surface area contributed by atoms with Gasteiger partial charge in [-0.05, 0) is 12.1 Å². The van der Waals surface area contributed by atoms with Crippen LogP contribution in [0.5, 0.6) is 0 Å². The van der Waals surface area contributed by atoms with Crippen LogP contribution < -0.4 is 5.73 Å². The molecular weight excluding hydrogens is 194 g/mol. The Hall–Kier alpha value is -2.17. The molecule has 1 aliphatic rings. The number of hydrogen-bond acceptors (Lipinski definition) is 3. The number of benzene rings is 1. The number of rotatable bonds is 1. The van der Waals surface area contributed by atoms with E-state index in [0.717, 1.165) is 4.90 Å². The summed E-state index contributed by atoms with van der Waals surface area (Å²) in [5.41, 5.74) is 6.43. The molecule has 0 saturated carbocycles. The van der Waals surface area contributed by atoms with E-state index in [1.54, 1.807) is 6.07 Å². The van der Waals surface area contributed by atoms with Crippen molar-refractivity contribution in [2.24, 2.45) is 5.73 Å². The quantitative estimate of drug-likeness (QED) is 0.388. The summed E-state index contributed by atoms with van der Waals surface area (Å²) in [6.45, 7) is 0. The van der Waals surface area contributed by atoms with Crippen LogP contribution in [0.3, 0.4) is 0 Å². The van der Waals surface area contributed by atoms with Crippen LogP contribution in [0, 0.1) is 5.41 Å². The van der Waals surface area contributed by atoms with Crippen LogP contribution in [0.4, 0.5) is 0 Å². The molecule has 0 aliphatic carbocycles. The summed E-state index contributed by atoms with van der Waals surface area (Å²) >= 11 is 0. The molecule has 0 aromatic heterocycles. The topological polar surface area (TPSA) is 87.2 Å². The first kappa shape index (κ1) is 9.39. The number of carbonyl (C=O) groups is 2. The van der Waals surface area contributed by atoms with Gasteiger partial charge in [0.1, 0.15) is 5.84 Å². The lowest BCUT2D eigenvalue weighted by Crippen LogP contribution is -2.24. The Bertz CT molecular complexity index is 493. The third-order valence-corrected chi connectivity index (χ3v) is 2.40. The smallest absolute Gasteiger partial charge is 0.261 e. The van der Waals surface area contributed by atoms with E-state index in [0.29, 0.717) is 16.7 Å². The van der Waals surface area contributed by atoms with E-state index in [1.165, 1.54) is 19.2 Å². The van der Waals surface area contributed by atoms with Crippen molar-refractivity contribution in [3.05, 3.63) is 34.9 Å². The van der Waals surface area contributed by atoms with E-state index in [2.05, 4.69) is 0 Å². The maximum absolute atomic E-state index is 11.6. The van der Waals surface area contributed by atoms with Crippen molar-refractivity contribution < 1.29 is 9.59 Å². The SMILES string of the molecule is CN1C(=O)c2ccc(C(=N)N)cc2C1=O. The van der Waals surface area contributed by atoms with Crippen LogP contribution in [0.1, 0.15) is 26.3 Å². The fourth-order valence-electron chi connectivity index (χ4n) is 1.53. The van der Waals surface area contributed by atoms with E-state index in [9.17, 15) is 9.59 Å². The molecule has 0 saturated heterocycles. The summed E-state index contributed by atoms with van der Waals surface area (Å²) in [6.07, 6.45) is 0. The number of amidine groups is 1. The second-order valence-electron chi connectivity index (χ2n) is 3.34. The Morgan fingerprint density at radius 3 is 2.47 bits per heavy atom. The van der Waals surface area contributed by atoms with E-state index in [1.807, 2.05) is 0 Å². The summed E-state index contributed by atoms with van der Waals surface area (Å²) in [6, 6.07) is 4.56. The molecule has 5 nitrogen and oxygen atoms in total. The Morgan fingerprint density at radius 1 is 1.27 bits per heavy atom. The number of amides is 2. The van der Waals surface area contributed by atoms with Crippen molar-refractivity contribution in [1.29, 1.82) is 5.41 Å². The number of nitrogens with zero attached hydrogens (tertiary/aromatic N) is 1. The van der Waals surface area contributed by atoms with Crippen LogP contribution in [-0.2, 0) is 0 Å². The van der Waals surface area contributed by atoms with Gasteiger partial charge < -0.3 is 5.73 Å². The Labute approximate surface area is 86.0 Å². The molecule has 5 heteroatoms. The molecule has 1 heterocycles. The average molecular weight is 203 g/mol. The van der Waals surface area contributed by atoms with Crippen molar-refractivity contribution in [3.63, 3.8) is 0 Å². The van der Waals surface area contributed by atoms with E-state index < -0.39 is 0 Å². The van der Waals surface area contributed by atoms with Gasteiger partial charge in [-0.15, -0.1) is 0 Å². The zero-order valence-electron chi connectivity index (χ0n) is 8.07. The summed E-state index contributed by atoms with van der Waals surface area (Å²) in [5.74, 6) is -0.782. The Morgan fingerprint density at radius 2 is 1.87 bits per heavy atom. The lowest BCUT2D eigenvalue weighted by Gasteiger charge is -2.02. The van der Waals surface area contributed by atoms with E-state index >= 15 is 0 Å². The van der Waals surface area contributed by atoms with Crippen LogP contribution >= 0.6 is 0 Å². The number of nitrogens with one attached hydrogen (secondary N) is 1. The van der Waals surface area contributed by atoms with Gasteiger partial charge in [-0.2, -0.15) is 0 Å². The highest BCUT2D eigenvalue weighted by molar-refractivity contribution is 6.21. The largest absolute Gasteiger partial charge is 0.384 e. The lowest BCUT2D eigenvalue weighted by atomic mass is 10.1. The summed E-state index contributed by atoms with van der Waals surface area (Å²) < 4.78 is 0. The van der Waals surface area contributed by atoms with Crippen molar-refractivity contribution >= 4 is 17.6 Å². The summed E-state index contributed by atoms with van der Waals surface area (Å²) in [5, 5.41) is 7.23. The molecule has 1 aromatic carbocycles. The van der Waals surface area contributed by atoms with Gasteiger partial charge in [0.2, 0.25) is 0 Å². The van der Waals surface area contributed by atoms with Crippen molar-refractivity contribution in [2.75, 3.05) is 7.05 Å². The molecule has 0 atom stereocenters. The molecule has 0 unspecified atom stereocenters. The lowest BCUT2D eigenvalue weighted by molar-refractivity contribution is 0.0693. The predicted octanol–water partition coefficient (Wildman–Crippen LogP) is 0.196. The second kappa shape index (κ2) is 2.91. The maximum Gasteiger partial charge on any atom is 0.261 e. The van der Waals surface area contributed by atoms with Gasteiger partial charge >= 0.3 is 0 Å². The zero-order chi connectivity index (χ0) is 11.2. The molecule has 1 aromatic rings. The minimum absolute atomic E-state index is 0.118. The highest BCUT2D eigenvalue weighted by Crippen LogP contribution is 2.22. The van der Waals surface area contributed by atoms with E-state index in [-0.39, 0.29) is 17.6 Å².